The average molecular weight is 390 g/mol. The fraction of sp³-hybridized carbons (Fsp3) is 0.348. The average Bonchev–Trinajstić information content (AvgIpc) is 3.54. The van der Waals surface area contributed by atoms with Crippen molar-refractivity contribution in [3.63, 3.8) is 0 Å². The molecule has 2 unspecified atom stereocenters. The summed E-state index contributed by atoms with van der Waals surface area (Å²) in [6, 6.07) is 17.6. The predicted molar refractivity (Wildman–Crippen MR) is 115 cm³/mol. The lowest BCUT2D eigenvalue weighted by Gasteiger charge is -2.26. The molecule has 0 spiro atoms. The van der Waals surface area contributed by atoms with E-state index in [1.165, 1.54) is 5.56 Å². The van der Waals surface area contributed by atoms with Gasteiger partial charge in [0.15, 0.2) is 5.82 Å². The Labute approximate surface area is 169 Å². The van der Waals surface area contributed by atoms with Crippen LogP contribution in [0.25, 0.3) is 10.8 Å². The molecule has 0 aliphatic heterocycles. The summed E-state index contributed by atoms with van der Waals surface area (Å²) < 4.78 is 0. The lowest BCUT2D eigenvalue weighted by Crippen LogP contribution is -2.39. The van der Waals surface area contributed by atoms with Gasteiger partial charge in [0.1, 0.15) is 0 Å². The molecule has 2 atom stereocenters. The second-order valence-corrected chi connectivity index (χ2v) is 8.54. The highest BCUT2D eigenvalue weighted by molar-refractivity contribution is 5.90. The summed E-state index contributed by atoms with van der Waals surface area (Å²) in [6.07, 6.45) is 0.918. The number of anilines is 1. The number of fused-ring (bicyclic) bond motifs is 1. The summed E-state index contributed by atoms with van der Waals surface area (Å²) in [5.74, 6) is 1.19. The Morgan fingerprint density at radius 2 is 1.76 bits per heavy atom. The van der Waals surface area contributed by atoms with Gasteiger partial charge in [-0.25, -0.2) is 5.10 Å². The first-order valence-electron chi connectivity index (χ1n) is 9.98. The third-order valence-electron chi connectivity index (χ3n) is 5.53. The van der Waals surface area contributed by atoms with E-state index in [-0.39, 0.29) is 22.8 Å². The Bertz CT molecular complexity index is 1070. The molecule has 1 amide bonds. The van der Waals surface area contributed by atoms with Crippen LogP contribution in [0.5, 0.6) is 0 Å². The van der Waals surface area contributed by atoms with Crippen LogP contribution < -0.4 is 16.2 Å². The molecule has 0 bridgehead atoms. The van der Waals surface area contributed by atoms with Gasteiger partial charge in [0.2, 0.25) is 5.91 Å². The molecule has 0 saturated heterocycles. The van der Waals surface area contributed by atoms with Crippen molar-refractivity contribution in [3.05, 3.63) is 70.5 Å². The maximum Gasteiger partial charge on any atom is 0.272 e. The van der Waals surface area contributed by atoms with Crippen molar-refractivity contribution in [1.29, 1.82) is 0 Å². The number of amides is 1. The third-order valence-corrected chi connectivity index (χ3v) is 5.53. The fourth-order valence-corrected chi connectivity index (χ4v) is 3.65. The van der Waals surface area contributed by atoms with Crippen molar-refractivity contribution in [2.24, 2.45) is 11.3 Å². The molecule has 0 radical (unpaired) electrons. The highest BCUT2D eigenvalue weighted by Gasteiger charge is 2.43. The van der Waals surface area contributed by atoms with Crippen LogP contribution in [0.3, 0.4) is 0 Å². The summed E-state index contributed by atoms with van der Waals surface area (Å²) in [7, 11) is 0. The Kier molecular flexibility index (Phi) is 5.09. The molecule has 2 aromatic carbocycles. The van der Waals surface area contributed by atoms with Crippen LogP contribution in [0.15, 0.2) is 59.4 Å². The molecule has 1 aliphatic carbocycles. The minimum Gasteiger partial charge on any atom is -0.368 e. The molecule has 1 fully saturated rings. The lowest BCUT2D eigenvalue weighted by atomic mass is 9.93. The Morgan fingerprint density at radius 1 is 1.07 bits per heavy atom. The largest absolute Gasteiger partial charge is 0.368 e. The molecular weight excluding hydrogens is 364 g/mol. The number of rotatable bonds is 7. The van der Waals surface area contributed by atoms with Gasteiger partial charge in [-0.3, -0.25) is 9.59 Å². The zero-order valence-electron chi connectivity index (χ0n) is 16.7. The molecule has 4 rings (SSSR count). The number of benzene rings is 2. The van der Waals surface area contributed by atoms with E-state index in [1.807, 2.05) is 36.4 Å². The van der Waals surface area contributed by atoms with Gasteiger partial charge in [-0.15, -0.1) is 0 Å². The third kappa shape index (κ3) is 4.31. The van der Waals surface area contributed by atoms with E-state index in [4.69, 9.17) is 0 Å². The van der Waals surface area contributed by atoms with Gasteiger partial charge in [0, 0.05) is 24.4 Å². The van der Waals surface area contributed by atoms with Crippen molar-refractivity contribution >= 4 is 22.5 Å². The zero-order chi connectivity index (χ0) is 20.4. The van der Waals surface area contributed by atoms with Crippen molar-refractivity contribution in [2.75, 3.05) is 18.4 Å². The van der Waals surface area contributed by atoms with E-state index >= 15 is 0 Å². The first-order chi connectivity index (χ1) is 13.9. The topological polar surface area (TPSA) is 86.9 Å². The van der Waals surface area contributed by atoms with Crippen LogP contribution >= 0.6 is 0 Å². The fourth-order valence-electron chi connectivity index (χ4n) is 3.65. The van der Waals surface area contributed by atoms with Crippen LogP contribution in [-0.2, 0) is 4.79 Å². The molecule has 6 nitrogen and oxygen atoms in total. The quantitative estimate of drug-likeness (QED) is 0.578. The van der Waals surface area contributed by atoms with E-state index in [0.717, 1.165) is 11.8 Å². The van der Waals surface area contributed by atoms with E-state index in [1.54, 1.807) is 6.07 Å². The highest BCUT2D eigenvalue weighted by Crippen LogP contribution is 2.47. The molecular formula is C23H26N4O2. The van der Waals surface area contributed by atoms with E-state index in [0.29, 0.717) is 30.2 Å². The molecule has 1 heterocycles. The summed E-state index contributed by atoms with van der Waals surface area (Å²) >= 11 is 0. The van der Waals surface area contributed by atoms with Crippen LogP contribution in [0, 0.1) is 11.3 Å². The molecule has 150 valence electrons. The number of hydrogen-bond donors (Lipinski definition) is 3. The van der Waals surface area contributed by atoms with Gasteiger partial charge < -0.3 is 10.6 Å². The van der Waals surface area contributed by atoms with Crippen molar-refractivity contribution in [1.82, 2.24) is 15.5 Å². The Balaban J connectivity index is 1.33. The van der Waals surface area contributed by atoms with Gasteiger partial charge in [0.05, 0.1) is 5.39 Å². The number of carbonyl (C=O) groups is 1. The van der Waals surface area contributed by atoms with Gasteiger partial charge in [-0.1, -0.05) is 62.4 Å². The van der Waals surface area contributed by atoms with E-state index in [2.05, 4.69) is 46.8 Å². The predicted octanol–water partition coefficient (Wildman–Crippen LogP) is 3.28. The highest BCUT2D eigenvalue weighted by atomic mass is 16.2. The number of H-pyrrole nitrogens is 1. The van der Waals surface area contributed by atoms with Crippen LogP contribution in [-0.4, -0.2) is 29.2 Å². The molecule has 1 aromatic heterocycles. The number of aromatic amines is 1. The zero-order valence-corrected chi connectivity index (χ0v) is 16.7. The Morgan fingerprint density at radius 3 is 2.52 bits per heavy atom. The second kappa shape index (κ2) is 7.70. The van der Waals surface area contributed by atoms with Crippen molar-refractivity contribution < 1.29 is 4.79 Å². The molecule has 3 aromatic rings. The second-order valence-electron chi connectivity index (χ2n) is 8.54. The first-order valence-corrected chi connectivity index (χ1v) is 9.98. The van der Waals surface area contributed by atoms with Crippen LogP contribution in [0.2, 0.25) is 0 Å². The summed E-state index contributed by atoms with van der Waals surface area (Å²) in [6.45, 7) is 5.37. The van der Waals surface area contributed by atoms with Gasteiger partial charge in [-0.05, 0) is 29.4 Å². The number of nitrogens with zero attached hydrogens (tertiary/aromatic N) is 1. The summed E-state index contributed by atoms with van der Waals surface area (Å²) in [4.78, 5) is 24.5. The van der Waals surface area contributed by atoms with E-state index < -0.39 is 0 Å². The van der Waals surface area contributed by atoms with Crippen LogP contribution in [0.1, 0.15) is 31.7 Å². The maximum atomic E-state index is 12.5. The number of aromatic nitrogens is 2. The number of nitrogens with one attached hydrogen (secondary N) is 3. The SMILES string of the molecule is CC(C)(CNC(=O)C1CC1c1ccccc1)CNc1n[nH]c(=O)c2ccccc12. The van der Waals surface area contributed by atoms with Crippen LogP contribution in [0.4, 0.5) is 5.82 Å². The normalized spacial score (nSPS) is 18.4. The molecule has 1 aliphatic rings. The monoisotopic (exact) mass is 390 g/mol. The minimum absolute atomic E-state index is 0.0750. The molecule has 3 N–H and O–H groups in total. The molecule has 1 saturated carbocycles. The maximum absolute atomic E-state index is 12.5. The number of hydrogen-bond acceptors (Lipinski definition) is 4. The first kappa shape index (κ1) is 19.2. The van der Waals surface area contributed by atoms with E-state index in [9.17, 15) is 9.59 Å². The van der Waals surface area contributed by atoms with Gasteiger partial charge >= 0.3 is 0 Å². The van der Waals surface area contributed by atoms with Gasteiger partial charge in [-0.2, -0.15) is 5.10 Å². The van der Waals surface area contributed by atoms with Crippen molar-refractivity contribution in [3.8, 4) is 0 Å². The molecule has 29 heavy (non-hydrogen) atoms. The Hall–Kier alpha value is -3.15. The number of carbonyl (C=O) groups excluding carboxylic acids is 1. The van der Waals surface area contributed by atoms with Crippen molar-refractivity contribution in [2.45, 2.75) is 26.2 Å². The lowest BCUT2D eigenvalue weighted by molar-refractivity contribution is -0.122. The summed E-state index contributed by atoms with van der Waals surface area (Å²) in [5, 5.41) is 14.5. The summed E-state index contributed by atoms with van der Waals surface area (Å²) in [5.41, 5.74) is 0.866. The smallest absolute Gasteiger partial charge is 0.272 e. The molecule has 6 heteroatoms. The van der Waals surface area contributed by atoms with Gasteiger partial charge in [0.25, 0.3) is 5.56 Å². The standard InChI is InChI=1S/C23H26N4O2/c1-23(2,13-24-20-16-10-6-7-11-17(16)22(29)27-26-20)14-25-21(28)19-12-18(19)15-8-4-3-5-9-15/h3-11,18-19H,12-14H2,1-2H3,(H,24,26)(H,25,28)(H,27,29). The minimum atomic E-state index is -0.199.